The standard InChI is InChI=1S/C26H31N5OS2/c1-19-5-4-6-23(20(19)2)30-13-15-31(16-14-30)25-26(28-12-11-27-25)34-18-24(32)29-17-21-7-9-22(33-3)10-8-21/h4-12H,13-18H2,1-3H3,(H,29,32). The van der Waals surface area contributed by atoms with Gasteiger partial charge in [-0.2, -0.15) is 0 Å². The molecule has 0 bridgehead atoms. The zero-order chi connectivity index (χ0) is 23.9. The summed E-state index contributed by atoms with van der Waals surface area (Å²) in [4.78, 5) is 27.5. The third kappa shape index (κ3) is 6.04. The maximum absolute atomic E-state index is 12.5. The normalized spacial score (nSPS) is 13.7. The number of nitrogens with zero attached hydrogens (tertiary/aromatic N) is 4. The molecular weight excluding hydrogens is 462 g/mol. The smallest absolute Gasteiger partial charge is 0.230 e. The molecule has 1 aromatic heterocycles. The van der Waals surface area contributed by atoms with Crippen LogP contribution in [0, 0.1) is 13.8 Å². The summed E-state index contributed by atoms with van der Waals surface area (Å²) in [6.07, 6.45) is 5.48. The summed E-state index contributed by atoms with van der Waals surface area (Å²) in [6.45, 7) is 8.49. The van der Waals surface area contributed by atoms with Gasteiger partial charge in [-0.25, -0.2) is 9.97 Å². The summed E-state index contributed by atoms with van der Waals surface area (Å²) < 4.78 is 0. The number of anilines is 2. The van der Waals surface area contributed by atoms with Crippen molar-refractivity contribution in [2.45, 2.75) is 30.3 Å². The van der Waals surface area contributed by atoms with Crippen molar-refractivity contribution in [3.63, 3.8) is 0 Å². The van der Waals surface area contributed by atoms with E-state index in [-0.39, 0.29) is 5.91 Å². The van der Waals surface area contributed by atoms with Crippen LogP contribution in [0.5, 0.6) is 0 Å². The van der Waals surface area contributed by atoms with Crippen molar-refractivity contribution >= 4 is 40.9 Å². The molecule has 0 spiro atoms. The summed E-state index contributed by atoms with van der Waals surface area (Å²) >= 11 is 3.16. The number of carbonyl (C=O) groups is 1. The van der Waals surface area contributed by atoms with E-state index >= 15 is 0 Å². The van der Waals surface area contributed by atoms with Gasteiger partial charge in [0.15, 0.2) is 5.82 Å². The summed E-state index contributed by atoms with van der Waals surface area (Å²) in [5.41, 5.74) is 5.08. The molecule has 1 amide bonds. The molecule has 1 aliphatic rings. The second-order valence-electron chi connectivity index (χ2n) is 8.29. The molecule has 2 heterocycles. The quantitative estimate of drug-likeness (QED) is 0.462. The lowest BCUT2D eigenvalue weighted by atomic mass is 10.1. The first-order chi connectivity index (χ1) is 16.5. The maximum atomic E-state index is 12.5. The van der Waals surface area contributed by atoms with Gasteiger partial charge < -0.3 is 15.1 Å². The van der Waals surface area contributed by atoms with Gasteiger partial charge in [-0.1, -0.05) is 36.0 Å². The number of hydrogen-bond donors (Lipinski definition) is 1. The van der Waals surface area contributed by atoms with Crippen LogP contribution in [0.1, 0.15) is 16.7 Å². The number of aromatic nitrogens is 2. The molecule has 1 saturated heterocycles. The van der Waals surface area contributed by atoms with E-state index in [9.17, 15) is 4.79 Å². The maximum Gasteiger partial charge on any atom is 0.230 e. The van der Waals surface area contributed by atoms with Crippen LogP contribution in [0.15, 0.2) is 64.8 Å². The van der Waals surface area contributed by atoms with Crippen LogP contribution in [0.4, 0.5) is 11.5 Å². The minimum absolute atomic E-state index is 0.00436. The monoisotopic (exact) mass is 493 g/mol. The molecule has 1 aliphatic heterocycles. The highest BCUT2D eigenvalue weighted by molar-refractivity contribution is 8.00. The molecule has 0 radical (unpaired) electrons. The fourth-order valence-electron chi connectivity index (χ4n) is 4.00. The fraction of sp³-hybridized carbons (Fsp3) is 0.346. The summed E-state index contributed by atoms with van der Waals surface area (Å²) in [7, 11) is 0. The second kappa shape index (κ2) is 11.6. The first-order valence-electron chi connectivity index (χ1n) is 11.4. The van der Waals surface area contributed by atoms with Crippen LogP contribution in [0.2, 0.25) is 0 Å². The highest BCUT2D eigenvalue weighted by atomic mass is 32.2. The molecule has 4 rings (SSSR count). The fourth-order valence-corrected chi connectivity index (χ4v) is 5.23. The Balaban J connectivity index is 1.31. The second-order valence-corrected chi connectivity index (χ2v) is 10.1. The molecule has 0 aliphatic carbocycles. The van der Waals surface area contributed by atoms with Crippen LogP contribution in [0.25, 0.3) is 0 Å². The molecule has 0 atom stereocenters. The topological polar surface area (TPSA) is 61.4 Å². The molecule has 3 aromatic rings. The largest absolute Gasteiger partial charge is 0.368 e. The molecule has 8 heteroatoms. The van der Waals surface area contributed by atoms with Gasteiger partial charge in [0.25, 0.3) is 0 Å². The number of aryl methyl sites for hydroxylation is 1. The van der Waals surface area contributed by atoms with Crippen molar-refractivity contribution in [3.05, 3.63) is 71.5 Å². The van der Waals surface area contributed by atoms with E-state index in [4.69, 9.17) is 0 Å². The third-order valence-corrected chi connectivity index (χ3v) is 7.84. The predicted octanol–water partition coefficient (Wildman–Crippen LogP) is 4.55. The summed E-state index contributed by atoms with van der Waals surface area (Å²) in [6, 6.07) is 14.8. The lowest BCUT2D eigenvalue weighted by Crippen LogP contribution is -2.47. The van der Waals surface area contributed by atoms with Gasteiger partial charge in [0, 0.05) is 55.7 Å². The van der Waals surface area contributed by atoms with E-state index in [0.717, 1.165) is 42.6 Å². The van der Waals surface area contributed by atoms with Gasteiger partial charge in [0.1, 0.15) is 5.03 Å². The Hall–Kier alpha value is -2.71. The van der Waals surface area contributed by atoms with Crippen molar-refractivity contribution in [1.29, 1.82) is 0 Å². The molecule has 6 nitrogen and oxygen atoms in total. The van der Waals surface area contributed by atoms with Gasteiger partial charge in [-0.05, 0) is 55.0 Å². The van der Waals surface area contributed by atoms with Gasteiger partial charge in [0.05, 0.1) is 5.75 Å². The van der Waals surface area contributed by atoms with Crippen molar-refractivity contribution in [1.82, 2.24) is 15.3 Å². The van der Waals surface area contributed by atoms with Crippen LogP contribution in [-0.2, 0) is 11.3 Å². The Bertz CT molecular complexity index is 1110. The highest BCUT2D eigenvalue weighted by Crippen LogP contribution is 2.29. The number of nitrogens with one attached hydrogen (secondary N) is 1. The van der Waals surface area contributed by atoms with E-state index in [0.29, 0.717) is 12.3 Å². The number of amides is 1. The number of rotatable bonds is 8. The first-order valence-corrected chi connectivity index (χ1v) is 13.7. The van der Waals surface area contributed by atoms with E-state index in [2.05, 4.69) is 87.7 Å². The molecule has 178 valence electrons. The van der Waals surface area contributed by atoms with Crippen molar-refractivity contribution in [2.24, 2.45) is 0 Å². The first kappa shape index (κ1) is 24.4. The Morgan fingerprint density at radius 2 is 1.68 bits per heavy atom. The average molecular weight is 494 g/mol. The molecule has 34 heavy (non-hydrogen) atoms. The third-order valence-electron chi connectivity index (χ3n) is 6.13. The average Bonchev–Trinajstić information content (AvgIpc) is 2.88. The van der Waals surface area contributed by atoms with Crippen molar-refractivity contribution in [3.8, 4) is 0 Å². The minimum atomic E-state index is -0.00436. The number of carbonyl (C=O) groups excluding carboxylic acids is 1. The van der Waals surface area contributed by atoms with Gasteiger partial charge in [-0.3, -0.25) is 4.79 Å². The van der Waals surface area contributed by atoms with Crippen LogP contribution < -0.4 is 15.1 Å². The highest BCUT2D eigenvalue weighted by Gasteiger charge is 2.22. The minimum Gasteiger partial charge on any atom is -0.368 e. The molecule has 1 N–H and O–H groups in total. The lowest BCUT2D eigenvalue weighted by molar-refractivity contribution is -0.118. The molecule has 1 fully saturated rings. The van der Waals surface area contributed by atoms with Gasteiger partial charge in [-0.15, -0.1) is 11.8 Å². The molecular formula is C26H31N5OS2. The van der Waals surface area contributed by atoms with Gasteiger partial charge in [0.2, 0.25) is 5.91 Å². The van der Waals surface area contributed by atoms with Crippen LogP contribution in [0.3, 0.4) is 0 Å². The SMILES string of the molecule is CSc1ccc(CNC(=O)CSc2nccnc2N2CCN(c3cccc(C)c3C)CC2)cc1. The van der Waals surface area contributed by atoms with E-state index in [1.165, 1.54) is 33.5 Å². The Morgan fingerprint density at radius 3 is 2.41 bits per heavy atom. The van der Waals surface area contributed by atoms with Crippen molar-refractivity contribution < 1.29 is 4.79 Å². The van der Waals surface area contributed by atoms with E-state index in [1.54, 1.807) is 24.2 Å². The predicted molar refractivity (Wildman–Crippen MR) is 143 cm³/mol. The van der Waals surface area contributed by atoms with Crippen LogP contribution >= 0.6 is 23.5 Å². The molecule has 0 saturated carbocycles. The zero-order valence-corrected chi connectivity index (χ0v) is 21.6. The van der Waals surface area contributed by atoms with Crippen LogP contribution in [-0.4, -0.2) is 54.1 Å². The number of benzene rings is 2. The van der Waals surface area contributed by atoms with Crippen molar-refractivity contribution in [2.75, 3.05) is 48.0 Å². The van der Waals surface area contributed by atoms with E-state index < -0.39 is 0 Å². The number of hydrogen-bond acceptors (Lipinski definition) is 7. The summed E-state index contributed by atoms with van der Waals surface area (Å²) in [5, 5.41) is 3.81. The molecule has 2 aromatic carbocycles. The zero-order valence-electron chi connectivity index (χ0n) is 20.0. The Labute approximate surface area is 210 Å². The molecule has 0 unspecified atom stereocenters. The summed E-state index contributed by atoms with van der Waals surface area (Å²) in [5.74, 6) is 1.18. The number of thioether (sulfide) groups is 2. The Morgan fingerprint density at radius 1 is 0.971 bits per heavy atom. The lowest BCUT2D eigenvalue weighted by Gasteiger charge is -2.37. The van der Waals surface area contributed by atoms with E-state index in [1.807, 2.05) is 0 Å². The number of piperazine rings is 1. The van der Waals surface area contributed by atoms with Gasteiger partial charge >= 0.3 is 0 Å². The Kier molecular flexibility index (Phi) is 8.34.